The number of hydrogen-bond acceptors (Lipinski definition) is 2. The van der Waals surface area contributed by atoms with E-state index in [1.165, 1.54) is 25.7 Å². The average molecular weight is 198 g/mol. The van der Waals surface area contributed by atoms with Gasteiger partial charge in [0, 0.05) is 18.5 Å². The molecule has 1 aliphatic rings. The zero-order chi connectivity index (χ0) is 10.6. The van der Waals surface area contributed by atoms with Crippen LogP contribution in [0.5, 0.6) is 0 Å². The van der Waals surface area contributed by atoms with E-state index in [0.717, 1.165) is 5.92 Å². The SMILES string of the molecule is CCC1CCCC1NC(C)CC(N)=O. The van der Waals surface area contributed by atoms with Crippen molar-refractivity contribution in [3.8, 4) is 0 Å². The van der Waals surface area contributed by atoms with E-state index in [0.29, 0.717) is 12.5 Å². The molecule has 3 N–H and O–H groups in total. The van der Waals surface area contributed by atoms with Crippen molar-refractivity contribution < 1.29 is 4.79 Å². The molecule has 0 aromatic rings. The van der Waals surface area contributed by atoms with Crippen LogP contribution in [-0.2, 0) is 4.79 Å². The third-order valence-electron chi connectivity index (χ3n) is 3.19. The van der Waals surface area contributed by atoms with Crippen molar-refractivity contribution in [3.63, 3.8) is 0 Å². The van der Waals surface area contributed by atoms with E-state index in [-0.39, 0.29) is 11.9 Å². The molecule has 1 amide bonds. The van der Waals surface area contributed by atoms with Gasteiger partial charge < -0.3 is 11.1 Å². The lowest BCUT2D eigenvalue weighted by atomic mass is 9.99. The molecule has 0 radical (unpaired) electrons. The van der Waals surface area contributed by atoms with Gasteiger partial charge in [0.2, 0.25) is 5.91 Å². The maximum absolute atomic E-state index is 10.7. The Morgan fingerprint density at radius 1 is 1.57 bits per heavy atom. The summed E-state index contributed by atoms with van der Waals surface area (Å²) >= 11 is 0. The van der Waals surface area contributed by atoms with Crippen LogP contribution in [0.3, 0.4) is 0 Å². The van der Waals surface area contributed by atoms with Gasteiger partial charge in [-0.3, -0.25) is 4.79 Å². The summed E-state index contributed by atoms with van der Waals surface area (Å²) in [5.74, 6) is 0.585. The van der Waals surface area contributed by atoms with E-state index in [9.17, 15) is 4.79 Å². The van der Waals surface area contributed by atoms with E-state index >= 15 is 0 Å². The number of rotatable bonds is 5. The van der Waals surface area contributed by atoms with Crippen LogP contribution in [0, 0.1) is 5.92 Å². The smallest absolute Gasteiger partial charge is 0.218 e. The van der Waals surface area contributed by atoms with E-state index < -0.39 is 0 Å². The number of nitrogens with two attached hydrogens (primary N) is 1. The quantitative estimate of drug-likeness (QED) is 0.702. The van der Waals surface area contributed by atoms with Gasteiger partial charge in [-0.2, -0.15) is 0 Å². The molecule has 1 fully saturated rings. The minimum Gasteiger partial charge on any atom is -0.370 e. The molecule has 3 unspecified atom stereocenters. The van der Waals surface area contributed by atoms with Crippen LogP contribution in [0.15, 0.2) is 0 Å². The van der Waals surface area contributed by atoms with Gasteiger partial charge in [0.1, 0.15) is 0 Å². The predicted molar refractivity (Wildman–Crippen MR) is 57.8 cm³/mol. The summed E-state index contributed by atoms with van der Waals surface area (Å²) < 4.78 is 0. The van der Waals surface area contributed by atoms with Crippen molar-refractivity contribution >= 4 is 5.91 Å². The molecule has 0 heterocycles. The highest BCUT2D eigenvalue weighted by molar-refractivity contribution is 5.74. The first-order valence-corrected chi connectivity index (χ1v) is 5.67. The Bertz CT molecular complexity index is 194. The Labute approximate surface area is 86.4 Å². The molecule has 0 aromatic heterocycles. The molecular weight excluding hydrogens is 176 g/mol. The van der Waals surface area contributed by atoms with Gasteiger partial charge in [-0.25, -0.2) is 0 Å². The van der Waals surface area contributed by atoms with Crippen molar-refractivity contribution in [1.82, 2.24) is 5.32 Å². The molecule has 0 spiro atoms. The van der Waals surface area contributed by atoms with E-state index in [1.54, 1.807) is 0 Å². The van der Waals surface area contributed by atoms with E-state index in [4.69, 9.17) is 5.73 Å². The van der Waals surface area contributed by atoms with Crippen molar-refractivity contribution in [2.75, 3.05) is 0 Å². The van der Waals surface area contributed by atoms with Crippen LogP contribution >= 0.6 is 0 Å². The maximum atomic E-state index is 10.7. The van der Waals surface area contributed by atoms with Gasteiger partial charge in [-0.15, -0.1) is 0 Å². The first kappa shape index (κ1) is 11.5. The van der Waals surface area contributed by atoms with Crippen LogP contribution in [0.2, 0.25) is 0 Å². The lowest BCUT2D eigenvalue weighted by Gasteiger charge is -2.23. The van der Waals surface area contributed by atoms with Gasteiger partial charge in [-0.05, 0) is 25.7 Å². The molecule has 14 heavy (non-hydrogen) atoms. The normalized spacial score (nSPS) is 29.0. The van der Waals surface area contributed by atoms with Crippen LogP contribution in [0.4, 0.5) is 0 Å². The lowest BCUT2D eigenvalue weighted by molar-refractivity contribution is -0.118. The lowest BCUT2D eigenvalue weighted by Crippen LogP contribution is -2.40. The molecule has 1 rings (SSSR count). The molecule has 82 valence electrons. The van der Waals surface area contributed by atoms with Crippen LogP contribution < -0.4 is 11.1 Å². The molecular formula is C11H22N2O. The van der Waals surface area contributed by atoms with Gasteiger partial charge in [0.25, 0.3) is 0 Å². The average Bonchev–Trinajstić information content (AvgIpc) is 2.50. The van der Waals surface area contributed by atoms with Crippen molar-refractivity contribution in [1.29, 1.82) is 0 Å². The Balaban J connectivity index is 2.31. The summed E-state index contributed by atoms with van der Waals surface area (Å²) in [6.45, 7) is 4.28. The predicted octanol–water partition coefficient (Wildman–Crippen LogP) is 1.42. The summed E-state index contributed by atoms with van der Waals surface area (Å²) in [7, 11) is 0. The topological polar surface area (TPSA) is 55.1 Å². The Kier molecular flexibility index (Phi) is 4.39. The van der Waals surface area contributed by atoms with Crippen molar-refractivity contribution in [2.24, 2.45) is 11.7 Å². The third-order valence-corrected chi connectivity index (χ3v) is 3.19. The van der Waals surface area contributed by atoms with E-state index in [2.05, 4.69) is 12.2 Å². The molecule has 1 aliphatic carbocycles. The van der Waals surface area contributed by atoms with Gasteiger partial charge >= 0.3 is 0 Å². The number of primary amides is 1. The van der Waals surface area contributed by atoms with Gasteiger partial charge in [0.15, 0.2) is 0 Å². The molecule has 0 saturated heterocycles. The molecule has 3 nitrogen and oxygen atoms in total. The molecule has 1 saturated carbocycles. The van der Waals surface area contributed by atoms with Gasteiger partial charge in [0.05, 0.1) is 0 Å². The number of amides is 1. The minimum absolute atomic E-state index is 0.212. The van der Waals surface area contributed by atoms with Crippen LogP contribution in [-0.4, -0.2) is 18.0 Å². The second kappa shape index (κ2) is 5.35. The highest BCUT2D eigenvalue weighted by Gasteiger charge is 2.26. The van der Waals surface area contributed by atoms with Crippen LogP contribution in [0.25, 0.3) is 0 Å². The molecule has 3 atom stereocenters. The fraction of sp³-hybridized carbons (Fsp3) is 0.909. The summed E-state index contributed by atoms with van der Waals surface area (Å²) in [6.07, 6.45) is 5.59. The Morgan fingerprint density at radius 3 is 2.86 bits per heavy atom. The zero-order valence-electron chi connectivity index (χ0n) is 9.25. The number of nitrogens with one attached hydrogen (secondary N) is 1. The first-order chi connectivity index (χ1) is 6.63. The first-order valence-electron chi connectivity index (χ1n) is 5.67. The fourth-order valence-electron chi connectivity index (χ4n) is 2.47. The molecule has 0 aromatic carbocycles. The molecule has 0 bridgehead atoms. The Hall–Kier alpha value is -0.570. The third kappa shape index (κ3) is 3.29. The zero-order valence-corrected chi connectivity index (χ0v) is 9.25. The molecule has 0 aliphatic heterocycles. The summed E-state index contributed by atoms with van der Waals surface area (Å²) in [4.78, 5) is 10.7. The monoisotopic (exact) mass is 198 g/mol. The van der Waals surface area contributed by atoms with Gasteiger partial charge in [-0.1, -0.05) is 19.8 Å². The second-order valence-electron chi connectivity index (χ2n) is 4.44. The highest BCUT2D eigenvalue weighted by atomic mass is 16.1. The standard InChI is InChI=1S/C11H22N2O/c1-3-9-5-4-6-10(9)13-8(2)7-11(12)14/h8-10,13H,3-7H2,1-2H3,(H2,12,14). The second-order valence-corrected chi connectivity index (χ2v) is 4.44. The summed E-state index contributed by atoms with van der Waals surface area (Å²) in [5, 5.41) is 3.51. The van der Waals surface area contributed by atoms with E-state index in [1.807, 2.05) is 6.92 Å². The number of carbonyl (C=O) groups excluding carboxylic acids is 1. The highest BCUT2D eigenvalue weighted by Crippen LogP contribution is 2.28. The summed E-state index contributed by atoms with van der Waals surface area (Å²) in [5.41, 5.74) is 5.16. The van der Waals surface area contributed by atoms with Crippen molar-refractivity contribution in [2.45, 2.75) is 58.0 Å². The number of hydrogen-bond donors (Lipinski definition) is 2. The van der Waals surface area contributed by atoms with Crippen LogP contribution in [0.1, 0.15) is 46.0 Å². The number of carbonyl (C=O) groups is 1. The molecule has 3 heteroatoms. The maximum Gasteiger partial charge on any atom is 0.218 e. The van der Waals surface area contributed by atoms with Crippen molar-refractivity contribution in [3.05, 3.63) is 0 Å². The largest absolute Gasteiger partial charge is 0.370 e. The fourth-order valence-corrected chi connectivity index (χ4v) is 2.47. The summed E-state index contributed by atoms with van der Waals surface area (Å²) in [6, 6.07) is 0.832. The Morgan fingerprint density at radius 2 is 2.29 bits per heavy atom. The minimum atomic E-state index is -0.212.